The lowest BCUT2D eigenvalue weighted by atomic mass is 10.3. The van der Waals surface area contributed by atoms with Gasteiger partial charge < -0.3 is 15.3 Å². The molecule has 0 saturated carbocycles. The number of nitrogens with zero attached hydrogens (tertiary/aromatic N) is 2. The Labute approximate surface area is 98.9 Å². The molecule has 1 heterocycles. The van der Waals surface area contributed by atoms with E-state index in [1.807, 2.05) is 14.1 Å². The van der Waals surface area contributed by atoms with Gasteiger partial charge in [0, 0.05) is 13.1 Å². The third-order valence-electron chi connectivity index (χ3n) is 1.93. The van der Waals surface area contributed by atoms with Crippen molar-refractivity contribution >= 4 is 22.9 Å². The minimum Gasteiger partial charge on any atom is -0.394 e. The second kappa shape index (κ2) is 6.40. The second-order valence-electron chi connectivity index (χ2n) is 3.50. The van der Waals surface area contributed by atoms with Crippen molar-refractivity contribution in [3.63, 3.8) is 0 Å². The molecule has 1 aromatic heterocycles. The van der Waals surface area contributed by atoms with Crippen molar-refractivity contribution in [1.82, 2.24) is 15.2 Å². The predicted molar refractivity (Wildman–Crippen MR) is 63.5 cm³/mol. The Balaban J connectivity index is 2.42. The molecule has 86 valence electrons. The minimum atomic E-state index is -0.109. The largest absolute Gasteiger partial charge is 0.394 e. The van der Waals surface area contributed by atoms with Crippen molar-refractivity contribution in [2.75, 3.05) is 33.8 Å². The molecule has 4 nitrogen and oxygen atoms in total. The van der Waals surface area contributed by atoms with Gasteiger partial charge in [-0.3, -0.25) is 0 Å². The summed E-state index contributed by atoms with van der Waals surface area (Å²) in [6, 6.07) is -0.109. The number of aromatic nitrogens is 1. The highest BCUT2D eigenvalue weighted by Gasteiger charge is 2.13. The van der Waals surface area contributed by atoms with Crippen molar-refractivity contribution in [3.8, 4) is 0 Å². The molecular weight excluding hydrogens is 234 g/mol. The summed E-state index contributed by atoms with van der Waals surface area (Å²) >= 11 is 7.18. The maximum atomic E-state index is 9.20. The number of thiazole rings is 1. The highest BCUT2D eigenvalue weighted by atomic mass is 35.5. The quantitative estimate of drug-likeness (QED) is 0.789. The summed E-state index contributed by atoms with van der Waals surface area (Å²) in [6.45, 7) is 1.78. The summed E-state index contributed by atoms with van der Waals surface area (Å²) in [5.74, 6) is 0. The van der Waals surface area contributed by atoms with Gasteiger partial charge in [0.2, 0.25) is 0 Å². The molecule has 0 fully saturated rings. The molecule has 15 heavy (non-hydrogen) atoms. The summed E-state index contributed by atoms with van der Waals surface area (Å²) in [5, 5.41) is 13.3. The van der Waals surface area contributed by atoms with Crippen LogP contribution in [-0.4, -0.2) is 48.8 Å². The zero-order valence-electron chi connectivity index (χ0n) is 8.90. The van der Waals surface area contributed by atoms with Gasteiger partial charge in [-0.2, -0.15) is 0 Å². The Bertz CT molecular complexity index is 293. The van der Waals surface area contributed by atoms with Gasteiger partial charge in [0.05, 0.1) is 18.8 Å². The van der Waals surface area contributed by atoms with Crippen LogP contribution in [0.5, 0.6) is 0 Å². The maximum Gasteiger partial charge on any atom is 0.113 e. The number of hydrogen-bond donors (Lipinski definition) is 2. The number of likely N-dealkylation sites (N-methyl/N-ethyl adjacent to an activating group) is 1. The lowest BCUT2D eigenvalue weighted by molar-refractivity contribution is 0.240. The number of aliphatic hydroxyl groups excluding tert-OH is 1. The number of hydrogen-bond acceptors (Lipinski definition) is 5. The van der Waals surface area contributed by atoms with Crippen molar-refractivity contribution in [2.45, 2.75) is 6.04 Å². The second-order valence-corrected chi connectivity index (χ2v) is 5.19. The molecule has 6 heteroatoms. The Morgan fingerprint density at radius 2 is 2.40 bits per heavy atom. The van der Waals surface area contributed by atoms with Crippen LogP contribution >= 0.6 is 22.9 Å². The number of rotatable bonds is 6. The van der Waals surface area contributed by atoms with Crippen molar-refractivity contribution < 1.29 is 5.11 Å². The summed E-state index contributed by atoms with van der Waals surface area (Å²) < 4.78 is 0.651. The van der Waals surface area contributed by atoms with Crippen LogP contribution in [-0.2, 0) is 0 Å². The van der Waals surface area contributed by atoms with Gasteiger partial charge in [0.25, 0.3) is 0 Å². The van der Waals surface area contributed by atoms with Crippen LogP contribution in [0.4, 0.5) is 0 Å². The van der Waals surface area contributed by atoms with E-state index < -0.39 is 0 Å². The number of aliphatic hydroxyl groups is 1. The molecule has 0 bridgehead atoms. The molecule has 0 aliphatic carbocycles. The van der Waals surface area contributed by atoms with E-state index in [2.05, 4.69) is 15.2 Å². The molecule has 0 spiro atoms. The molecule has 1 atom stereocenters. The monoisotopic (exact) mass is 249 g/mol. The first kappa shape index (κ1) is 12.9. The van der Waals surface area contributed by atoms with E-state index in [0.717, 1.165) is 18.1 Å². The lowest BCUT2D eigenvalue weighted by Gasteiger charge is -2.15. The lowest BCUT2D eigenvalue weighted by Crippen LogP contribution is -2.31. The summed E-state index contributed by atoms with van der Waals surface area (Å²) in [6.07, 6.45) is 1.61. The van der Waals surface area contributed by atoms with Crippen LogP contribution in [0.2, 0.25) is 4.34 Å². The Hall–Kier alpha value is -0.200. The van der Waals surface area contributed by atoms with Crippen LogP contribution in [0, 0.1) is 0 Å². The van der Waals surface area contributed by atoms with E-state index in [1.165, 1.54) is 11.3 Å². The molecule has 0 aromatic carbocycles. The highest BCUT2D eigenvalue weighted by Crippen LogP contribution is 2.23. The maximum absolute atomic E-state index is 9.20. The van der Waals surface area contributed by atoms with E-state index >= 15 is 0 Å². The van der Waals surface area contributed by atoms with E-state index in [4.69, 9.17) is 11.6 Å². The highest BCUT2D eigenvalue weighted by molar-refractivity contribution is 7.15. The Morgan fingerprint density at radius 3 is 2.87 bits per heavy atom. The van der Waals surface area contributed by atoms with Gasteiger partial charge in [-0.05, 0) is 14.1 Å². The van der Waals surface area contributed by atoms with Crippen LogP contribution in [0.1, 0.15) is 11.0 Å². The van der Waals surface area contributed by atoms with Gasteiger partial charge in [0.1, 0.15) is 9.34 Å². The van der Waals surface area contributed by atoms with Crippen LogP contribution in [0.25, 0.3) is 0 Å². The molecule has 0 saturated heterocycles. The third kappa shape index (κ3) is 4.44. The third-order valence-corrected chi connectivity index (χ3v) is 3.15. The van der Waals surface area contributed by atoms with Gasteiger partial charge in [-0.15, -0.1) is 11.3 Å². The van der Waals surface area contributed by atoms with Crippen LogP contribution in [0.3, 0.4) is 0 Å². The minimum absolute atomic E-state index is 0.0390. The Morgan fingerprint density at radius 1 is 1.67 bits per heavy atom. The Kier molecular flexibility index (Phi) is 5.49. The first-order chi connectivity index (χ1) is 7.13. The molecule has 1 aromatic rings. The van der Waals surface area contributed by atoms with Crippen LogP contribution < -0.4 is 5.32 Å². The SMILES string of the molecule is CN(C)CCNC(CO)c1ncc(Cl)s1. The van der Waals surface area contributed by atoms with E-state index in [1.54, 1.807) is 6.20 Å². The zero-order chi connectivity index (χ0) is 11.3. The fraction of sp³-hybridized carbons (Fsp3) is 0.667. The van der Waals surface area contributed by atoms with E-state index in [0.29, 0.717) is 4.34 Å². The zero-order valence-corrected chi connectivity index (χ0v) is 10.5. The van der Waals surface area contributed by atoms with Gasteiger partial charge in [-0.1, -0.05) is 11.6 Å². The van der Waals surface area contributed by atoms with Gasteiger partial charge in [-0.25, -0.2) is 4.98 Å². The smallest absolute Gasteiger partial charge is 0.113 e. The van der Waals surface area contributed by atoms with Gasteiger partial charge in [0.15, 0.2) is 0 Å². The number of halogens is 1. The average Bonchev–Trinajstić information content (AvgIpc) is 2.59. The molecule has 0 aliphatic heterocycles. The topological polar surface area (TPSA) is 48.4 Å². The summed E-state index contributed by atoms with van der Waals surface area (Å²) in [7, 11) is 4.02. The summed E-state index contributed by atoms with van der Waals surface area (Å²) in [5.41, 5.74) is 0. The van der Waals surface area contributed by atoms with Crippen molar-refractivity contribution in [2.24, 2.45) is 0 Å². The van der Waals surface area contributed by atoms with Crippen molar-refractivity contribution in [3.05, 3.63) is 15.5 Å². The first-order valence-electron chi connectivity index (χ1n) is 4.73. The fourth-order valence-electron chi connectivity index (χ4n) is 1.12. The molecular formula is C9H16ClN3OS. The number of nitrogens with one attached hydrogen (secondary N) is 1. The average molecular weight is 250 g/mol. The fourth-order valence-corrected chi connectivity index (χ4v) is 2.12. The van der Waals surface area contributed by atoms with Crippen molar-refractivity contribution in [1.29, 1.82) is 0 Å². The molecule has 0 radical (unpaired) electrons. The normalized spacial score (nSPS) is 13.4. The van der Waals surface area contributed by atoms with E-state index in [9.17, 15) is 5.11 Å². The first-order valence-corrected chi connectivity index (χ1v) is 5.93. The molecule has 1 unspecified atom stereocenters. The molecule has 1 rings (SSSR count). The molecule has 0 amide bonds. The standard InChI is InChI=1S/C9H16ClN3OS/c1-13(2)4-3-11-7(6-14)9-12-5-8(10)15-9/h5,7,11,14H,3-4,6H2,1-2H3. The van der Waals surface area contributed by atoms with E-state index in [-0.39, 0.29) is 12.6 Å². The molecule has 2 N–H and O–H groups in total. The molecule has 0 aliphatic rings. The van der Waals surface area contributed by atoms with Crippen LogP contribution in [0.15, 0.2) is 6.20 Å². The summed E-state index contributed by atoms with van der Waals surface area (Å²) in [4.78, 5) is 6.21. The predicted octanol–water partition coefficient (Wildman–Crippen LogP) is 0.981. The van der Waals surface area contributed by atoms with Gasteiger partial charge >= 0.3 is 0 Å².